The van der Waals surface area contributed by atoms with Crippen LogP contribution >= 0.6 is 0 Å². The molecule has 2 aromatic rings. The molecule has 2 heterocycles. The van der Waals surface area contributed by atoms with Crippen molar-refractivity contribution in [2.75, 3.05) is 0 Å². The molecule has 0 saturated carbocycles. The van der Waals surface area contributed by atoms with Crippen molar-refractivity contribution in [3.63, 3.8) is 0 Å². The van der Waals surface area contributed by atoms with Crippen LogP contribution in [0.25, 0.3) is 11.0 Å². The predicted molar refractivity (Wildman–Crippen MR) is 91.5 cm³/mol. The summed E-state index contributed by atoms with van der Waals surface area (Å²) in [4.78, 5) is 23.8. The van der Waals surface area contributed by atoms with Crippen LogP contribution in [0.3, 0.4) is 0 Å². The average Bonchev–Trinajstić information content (AvgIpc) is 2.50. The monoisotopic (exact) mass is 344 g/mol. The van der Waals surface area contributed by atoms with Crippen LogP contribution in [0.15, 0.2) is 45.1 Å². The molecule has 0 radical (unpaired) electrons. The molecular weight excluding hydrogens is 324 g/mol. The first-order valence-corrected chi connectivity index (χ1v) is 7.98. The molecule has 1 aliphatic rings. The number of hydrogen-bond acceptors (Lipinski definition) is 6. The third-order valence-corrected chi connectivity index (χ3v) is 4.09. The van der Waals surface area contributed by atoms with Gasteiger partial charge in [-0.15, -0.1) is 0 Å². The molecule has 2 unspecified atom stereocenters. The Morgan fingerprint density at radius 2 is 1.92 bits per heavy atom. The van der Waals surface area contributed by atoms with E-state index < -0.39 is 29.4 Å². The molecule has 6 nitrogen and oxygen atoms in total. The normalized spacial score (nSPS) is 21.2. The molecule has 1 aromatic carbocycles. The molecule has 1 aromatic heterocycles. The summed E-state index contributed by atoms with van der Waals surface area (Å²) in [6.45, 7) is 6.95. The van der Waals surface area contributed by atoms with Crippen molar-refractivity contribution in [1.29, 1.82) is 0 Å². The maximum atomic E-state index is 12.1. The molecule has 2 atom stereocenters. The van der Waals surface area contributed by atoms with Crippen molar-refractivity contribution in [2.24, 2.45) is 0 Å². The van der Waals surface area contributed by atoms with E-state index in [1.165, 1.54) is 12.1 Å². The number of allylic oxidation sites excluding steroid dienone is 1. The van der Waals surface area contributed by atoms with E-state index >= 15 is 0 Å². The van der Waals surface area contributed by atoms with Gasteiger partial charge in [-0.05, 0) is 45.9 Å². The van der Waals surface area contributed by atoms with E-state index in [2.05, 4.69) is 0 Å². The van der Waals surface area contributed by atoms with Crippen molar-refractivity contribution in [3.05, 3.63) is 51.9 Å². The summed E-state index contributed by atoms with van der Waals surface area (Å²) in [5.41, 5.74) is -0.136. The number of benzene rings is 1. The van der Waals surface area contributed by atoms with E-state index in [9.17, 15) is 14.7 Å². The summed E-state index contributed by atoms with van der Waals surface area (Å²) in [6.07, 6.45) is -0.808. The quantitative estimate of drug-likeness (QED) is 0.512. The van der Waals surface area contributed by atoms with Crippen LogP contribution in [-0.4, -0.2) is 22.8 Å². The smallest absolute Gasteiger partial charge is 0.336 e. The van der Waals surface area contributed by atoms with Crippen LogP contribution in [0.2, 0.25) is 0 Å². The Labute approximate surface area is 144 Å². The highest BCUT2D eigenvalue weighted by Crippen LogP contribution is 2.45. The second-order valence-electron chi connectivity index (χ2n) is 6.88. The number of aliphatic hydroxyl groups is 1. The molecule has 0 fully saturated rings. The number of fused-ring (bicyclic) bond motifs is 3. The van der Waals surface area contributed by atoms with Gasteiger partial charge in [0.05, 0.1) is 5.56 Å². The largest absolute Gasteiger partial charge is 0.484 e. The standard InChI is InChI=1S/C19H20O6/c1-10(2)9-14(21)24-17-15-12(25-19(3,4)18(17)22)7-5-11-6-8-13(20)23-16(11)15/h5-9,17-18,22H,1-4H3. The van der Waals surface area contributed by atoms with Gasteiger partial charge in [-0.3, -0.25) is 0 Å². The van der Waals surface area contributed by atoms with Crippen molar-refractivity contribution >= 4 is 16.9 Å². The Balaban J connectivity index is 2.20. The van der Waals surface area contributed by atoms with E-state index in [4.69, 9.17) is 13.9 Å². The lowest BCUT2D eigenvalue weighted by Gasteiger charge is -2.41. The van der Waals surface area contributed by atoms with E-state index in [1.54, 1.807) is 45.9 Å². The molecule has 0 amide bonds. The summed E-state index contributed by atoms with van der Waals surface area (Å²) in [7, 11) is 0. The minimum atomic E-state index is -1.13. The number of carbonyl (C=O) groups excluding carboxylic acids is 1. The molecule has 1 N–H and O–H groups in total. The van der Waals surface area contributed by atoms with Crippen molar-refractivity contribution < 1.29 is 23.8 Å². The van der Waals surface area contributed by atoms with Gasteiger partial charge >= 0.3 is 11.6 Å². The van der Waals surface area contributed by atoms with E-state index in [1.807, 2.05) is 0 Å². The van der Waals surface area contributed by atoms with E-state index in [-0.39, 0.29) is 5.58 Å². The Morgan fingerprint density at radius 1 is 1.24 bits per heavy atom. The first kappa shape index (κ1) is 17.2. The molecular formula is C19H20O6. The minimum absolute atomic E-state index is 0.245. The van der Waals surface area contributed by atoms with Crippen LogP contribution in [0, 0.1) is 0 Å². The molecule has 1 aliphatic heterocycles. The molecule has 6 heteroatoms. The summed E-state index contributed by atoms with van der Waals surface area (Å²) >= 11 is 0. The Bertz CT molecular complexity index is 917. The first-order valence-electron chi connectivity index (χ1n) is 7.98. The lowest BCUT2D eigenvalue weighted by Crippen LogP contribution is -2.49. The number of hydrogen-bond donors (Lipinski definition) is 1. The van der Waals surface area contributed by atoms with Gasteiger partial charge < -0.3 is 19.0 Å². The van der Waals surface area contributed by atoms with Crippen molar-refractivity contribution in [1.82, 2.24) is 0 Å². The van der Waals surface area contributed by atoms with Crippen LogP contribution in [0.4, 0.5) is 0 Å². The number of rotatable bonds is 2. The van der Waals surface area contributed by atoms with Crippen molar-refractivity contribution in [2.45, 2.75) is 45.5 Å². The van der Waals surface area contributed by atoms with Gasteiger partial charge in [0.1, 0.15) is 23.0 Å². The topological polar surface area (TPSA) is 86.0 Å². The zero-order valence-electron chi connectivity index (χ0n) is 14.5. The maximum Gasteiger partial charge on any atom is 0.336 e. The average molecular weight is 344 g/mol. The third kappa shape index (κ3) is 3.17. The van der Waals surface area contributed by atoms with Gasteiger partial charge in [0.2, 0.25) is 0 Å². The summed E-state index contributed by atoms with van der Waals surface area (Å²) in [6, 6.07) is 6.39. The number of esters is 1. The summed E-state index contributed by atoms with van der Waals surface area (Å²) in [5.74, 6) is -0.171. The fraction of sp³-hybridized carbons (Fsp3) is 0.368. The predicted octanol–water partition coefficient (Wildman–Crippen LogP) is 2.88. The third-order valence-electron chi connectivity index (χ3n) is 4.09. The first-order chi connectivity index (χ1) is 11.7. The highest BCUT2D eigenvalue weighted by atomic mass is 16.6. The fourth-order valence-electron chi connectivity index (χ4n) is 2.88. The highest BCUT2D eigenvalue weighted by molar-refractivity contribution is 5.85. The minimum Gasteiger partial charge on any atom is -0.484 e. The molecule has 0 spiro atoms. The lowest BCUT2D eigenvalue weighted by atomic mass is 9.87. The van der Waals surface area contributed by atoms with Gasteiger partial charge in [0, 0.05) is 17.5 Å². The van der Waals surface area contributed by atoms with Crippen LogP contribution < -0.4 is 10.4 Å². The number of carbonyl (C=O) groups is 1. The van der Waals surface area contributed by atoms with Crippen LogP contribution in [0.5, 0.6) is 5.75 Å². The Hall–Kier alpha value is -2.60. The Kier molecular flexibility index (Phi) is 4.16. The molecule has 3 rings (SSSR count). The van der Waals surface area contributed by atoms with Gasteiger partial charge in [0.15, 0.2) is 6.10 Å². The zero-order valence-corrected chi connectivity index (χ0v) is 14.5. The SMILES string of the molecule is CC(C)=CC(=O)OC1c2c(ccc3ccc(=O)oc23)OC(C)(C)C1O. The molecule has 0 saturated heterocycles. The maximum absolute atomic E-state index is 12.1. The highest BCUT2D eigenvalue weighted by Gasteiger charge is 2.46. The van der Waals surface area contributed by atoms with Gasteiger partial charge in [-0.1, -0.05) is 5.57 Å². The summed E-state index contributed by atoms with van der Waals surface area (Å²) < 4.78 is 16.7. The Morgan fingerprint density at radius 3 is 2.60 bits per heavy atom. The number of aliphatic hydroxyl groups excluding tert-OH is 1. The molecule has 132 valence electrons. The van der Waals surface area contributed by atoms with Crippen LogP contribution in [0.1, 0.15) is 39.4 Å². The second kappa shape index (κ2) is 6.04. The summed E-state index contributed by atoms with van der Waals surface area (Å²) in [5, 5.41) is 11.4. The molecule has 0 aliphatic carbocycles. The molecule has 25 heavy (non-hydrogen) atoms. The second-order valence-corrected chi connectivity index (χ2v) is 6.88. The zero-order chi connectivity index (χ0) is 18.4. The van der Waals surface area contributed by atoms with Gasteiger partial charge in [0.25, 0.3) is 0 Å². The van der Waals surface area contributed by atoms with Gasteiger partial charge in [-0.25, -0.2) is 9.59 Å². The van der Waals surface area contributed by atoms with Crippen LogP contribution in [-0.2, 0) is 9.53 Å². The van der Waals surface area contributed by atoms with Gasteiger partial charge in [-0.2, -0.15) is 0 Å². The number of ether oxygens (including phenoxy) is 2. The van der Waals surface area contributed by atoms with E-state index in [0.29, 0.717) is 16.7 Å². The fourth-order valence-corrected chi connectivity index (χ4v) is 2.88. The van der Waals surface area contributed by atoms with Crippen molar-refractivity contribution in [3.8, 4) is 5.75 Å². The molecule has 0 bridgehead atoms. The lowest BCUT2D eigenvalue weighted by molar-refractivity contribution is -0.164. The van der Waals surface area contributed by atoms with E-state index in [0.717, 1.165) is 5.57 Å².